The molecule has 0 bridgehead atoms. The number of ether oxygens (including phenoxy) is 1. The van der Waals surface area contributed by atoms with Gasteiger partial charge in [-0.25, -0.2) is 4.79 Å². The number of carbonyl (C=O) groups is 2. The average molecular weight is 421 g/mol. The molecular weight excluding hydrogens is 384 g/mol. The maximum Gasteiger partial charge on any atom is 0.368 e. The van der Waals surface area contributed by atoms with Crippen LogP contribution in [0.5, 0.6) is 5.75 Å². The maximum atomic E-state index is 9.00. The molecule has 0 aromatic heterocycles. The van der Waals surface area contributed by atoms with Crippen molar-refractivity contribution in [3.8, 4) is 5.75 Å². The zero-order valence-corrected chi connectivity index (χ0v) is 18.4. The first-order chi connectivity index (χ1) is 14.5. The van der Waals surface area contributed by atoms with Crippen LogP contribution in [0.4, 0.5) is 0 Å². The van der Waals surface area contributed by atoms with E-state index < -0.39 is 5.97 Å². The SMILES string of the molecule is CC1C[C@@H](C)CN(CCCOc2ccc(C3=NCCC3)cc2)C1.CO.O=CC(=O)O. The van der Waals surface area contributed by atoms with Crippen molar-refractivity contribution < 1.29 is 24.5 Å². The topological polar surface area (TPSA) is 99.4 Å². The van der Waals surface area contributed by atoms with E-state index in [9.17, 15) is 0 Å². The molecule has 2 aliphatic heterocycles. The summed E-state index contributed by atoms with van der Waals surface area (Å²) >= 11 is 0. The van der Waals surface area contributed by atoms with Gasteiger partial charge in [0.05, 0.1) is 6.61 Å². The minimum absolute atomic E-state index is 0.167. The van der Waals surface area contributed by atoms with Gasteiger partial charge in [-0.15, -0.1) is 0 Å². The molecule has 2 atom stereocenters. The Morgan fingerprint density at radius 2 is 1.80 bits per heavy atom. The van der Waals surface area contributed by atoms with Gasteiger partial charge in [-0.05, 0) is 67.3 Å². The summed E-state index contributed by atoms with van der Waals surface area (Å²) in [6.45, 7) is 10.2. The van der Waals surface area contributed by atoms with Crippen LogP contribution < -0.4 is 4.74 Å². The number of aliphatic hydroxyl groups is 1. The molecule has 0 saturated carbocycles. The van der Waals surface area contributed by atoms with E-state index in [-0.39, 0.29) is 6.29 Å². The number of nitrogens with zero attached hydrogens (tertiary/aromatic N) is 2. The molecule has 1 aromatic carbocycles. The second-order valence-corrected chi connectivity index (χ2v) is 7.82. The van der Waals surface area contributed by atoms with Crippen LogP contribution in [0.2, 0.25) is 0 Å². The first-order valence-electron chi connectivity index (χ1n) is 10.6. The lowest BCUT2D eigenvalue weighted by molar-refractivity contribution is -0.143. The zero-order valence-electron chi connectivity index (χ0n) is 18.4. The Bertz CT molecular complexity index is 650. The molecule has 1 aromatic rings. The molecule has 3 rings (SSSR count). The van der Waals surface area contributed by atoms with Crippen LogP contribution in [0.25, 0.3) is 0 Å². The van der Waals surface area contributed by atoms with Gasteiger partial charge in [0.1, 0.15) is 5.75 Å². The smallest absolute Gasteiger partial charge is 0.368 e. The van der Waals surface area contributed by atoms with Crippen molar-refractivity contribution in [2.45, 2.75) is 39.5 Å². The van der Waals surface area contributed by atoms with Crippen LogP contribution in [-0.4, -0.2) is 73.0 Å². The van der Waals surface area contributed by atoms with Gasteiger partial charge in [0.15, 0.2) is 0 Å². The quantitative estimate of drug-likeness (QED) is 0.400. The molecular formula is C23H36N2O5. The number of hydrogen-bond acceptors (Lipinski definition) is 6. The van der Waals surface area contributed by atoms with Gasteiger partial charge in [-0.3, -0.25) is 9.79 Å². The van der Waals surface area contributed by atoms with Crippen LogP contribution >= 0.6 is 0 Å². The molecule has 7 nitrogen and oxygen atoms in total. The monoisotopic (exact) mass is 420 g/mol. The van der Waals surface area contributed by atoms with Crippen molar-refractivity contribution in [2.75, 3.05) is 39.9 Å². The number of likely N-dealkylation sites (tertiary alicyclic amines) is 1. The molecule has 0 aliphatic carbocycles. The van der Waals surface area contributed by atoms with Gasteiger partial charge in [0, 0.05) is 39.0 Å². The highest BCUT2D eigenvalue weighted by Crippen LogP contribution is 2.21. The summed E-state index contributed by atoms with van der Waals surface area (Å²) in [6, 6.07) is 8.46. The van der Waals surface area contributed by atoms with E-state index >= 15 is 0 Å². The highest BCUT2D eigenvalue weighted by Gasteiger charge is 2.21. The van der Waals surface area contributed by atoms with Crippen molar-refractivity contribution in [2.24, 2.45) is 16.8 Å². The summed E-state index contributed by atoms with van der Waals surface area (Å²) in [5, 5.41) is 14.4. The Labute approximate surface area is 179 Å². The number of carboxylic acid groups (broad SMARTS) is 1. The third kappa shape index (κ3) is 9.98. The summed E-state index contributed by atoms with van der Waals surface area (Å²) in [5.74, 6) is 1.23. The standard InChI is InChI=1S/C20H30N2O.C2H2O3.CH4O/c1-16-13-17(2)15-22(14-16)11-4-12-23-19-8-6-18(7-9-19)20-5-3-10-21-20;3-1-2(4)5;1-2/h6-9,16-17H,3-5,10-15H2,1-2H3;1H,(H,4,5);2H,1H3/t16-,17?;;/m1../s1. The third-order valence-corrected chi connectivity index (χ3v) is 4.99. The third-order valence-electron chi connectivity index (χ3n) is 4.99. The molecule has 2 N–H and O–H groups in total. The number of benzene rings is 1. The lowest BCUT2D eigenvalue weighted by Crippen LogP contribution is -2.39. The summed E-state index contributed by atoms with van der Waals surface area (Å²) in [6.07, 6.45) is 4.63. The van der Waals surface area contributed by atoms with Crippen LogP contribution in [0.1, 0.15) is 45.1 Å². The number of carbonyl (C=O) groups excluding carboxylic acids is 1. The Morgan fingerprint density at radius 3 is 2.30 bits per heavy atom. The van der Waals surface area contributed by atoms with Crippen molar-refractivity contribution in [3.63, 3.8) is 0 Å². The number of aliphatic imine (C=N–C) groups is 1. The van der Waals surface area contributed by atoms with Crippen molar-refractivity contribution >= 4 is 18.0 Å². The minimum atomic E-state index is -1.43. The predicted octanol–water partition coefficient (Wildman–Crippen LogP) is 2.89. The van der Waals surface area contributed by atoms with Gasteiger partial charge in [-0.2, -0.15) is 0 Å². The van der Waals surface area contributed by atoms with E-state index in [1.54, 1.807) is 0 Å². The highest BCUT2D eigenvalue weighted by atomic mass is 16.5. The second kappa shape index (κ2) is 14.7. The van der Waals surface area contributed by atoms with Gasteiger partial charge >= 0.3 is 5.97 Å². The molecule has 1 unspecified atom stereocenters. The minimum Gasteiger partial charge on any atom is -0.494 e. The van der Waals surface area contributed by atoms with E-state index in [0.29, 0.717) is 0 Å². The Balaban J connectivity index is 0.000000565. The molecule has 0 spiro atoms. The molecule has 2 aliphatic rings. The number of piperidine rings is 1. The molecule has 2 heterocycles. The van der Waals surface area contributed by atoms with Crippen LogP contribution in [0, 0.1) is 11.8 Å². The van der Waals surface area contributed by atoms with E-state index in [4.69, 9.17) is 24.5 Å². The summed E-state index contributed by atoms with van der Waals surface area (Å²) in [7, 11) is 1.00. The number of aliphatic hydroxyl groups excluding tert-OH is 1. The molecule has 1 fully saturated rings. The lowest BCUT2D eigenvalue weighted by Gasteiger charge is -2.34. The molecule has 0 amide bonds. The first kappa shape index (κ1) is 25.8. The van der Waals surface area contributed by atoms with Gasteiger partial charge in [0.25, 0.3) is 0 Å². The van der Waals surface area contributed by atoms with Gasteiger partial charge in [0.2, 0.25) is 6.29 Å². The van der Waals surface area contributed by atoms with Crippen molar-refractivity contribution in [1.29, 1.82) is 0 Å². The van der Waals surface area contributed by atoms with Crippen molar-refractivity contribution in [1.82, 2.24) is 4.90 Å². The Hall–Kier alpha value is -2.25. The maximum absolute atomic E-state index is 9.00. The van der Waals surface area contributed by atoms with Crippen molar-refractivity contribution in [3.05, 3.63) is 29.8 Å². The van der Waals surface area contributed by atoms with E-state index in [1.807, 2.05) is 0 Å². The first-order valence-corrected chi connectivity index (χ1v) is 10.6. The number of rotatable bonds is 7. The normalized spacial score (nSPS) is 20.7. The van der Waals surface area contributed by atoms with Crippen LogP contribution in [0.3, 0.4) is 0 Å². The zero-order chi connectivity index (χ0) is 22.4. The number of aldehydes is 1. The van der Waals surface area contributed by atoms with Gasteiger partial charge in [-0.1, -0.05) is 13.8 Å². The summed E-state index contributed by atoms with van der Waals surface area (Å²) in [4.78, 5) is 25.1. The second-order valence-electron chi connectivity index (χ2n) is 7.82. The lowest BCUT2D eigenvalue weighted by atomic mass is 9.92. The summed E-state index contributed by atoms with van der Waals surface area (Å²) < 4.78 is 5.90. The predicted molar refractivity (Wildman–Crippen MR) is 118 cm³/mol. The molecule has 1 saturated heterocycles. The average Bonchev–Trinajstić information content (AvgIpc) is 3.28. The molecule has 168 valence electrons. The largest absolute Gasteiger partial charge is 0.494 e. The summed E-state index contributed by atoms with van der Waals surface area (Å²) in [5.41, 5.74) is 2.51. The molecule has 30 heavy (non-hydrogen) atoms. The fourth-order valence-corrected chi connectivity index (χ4v) is 3.97. The van der Waals surface area contributed by atoms with Crippen LogP contribution in [0.15, 0.2) is 29.3 Å². The Kier molecular flexibility index (Phi) is 12.6. The number of hydrogen-bond donors (Lipinski definition) is 2. The highest BCUT2D eigenvalue weighted by molar-refractivity contribution is 6.19. The fourth-order valence-electron chi connectivity index (χ4n) is 3.97. The van der Waals surface area contributed by atoms with E-state index in [0.717, 1.165) is 57.2 Å². The number of carboxylic acids is 1. The molecule has 0 radical (unpaired) electrons. The molecule has 7 heteroatoms. The van der Waals surface area contributed by atoms with Gasteiger partial charge < -0.3 is 19.8 Å². The van der Waals surface area contributed by atoms with E-state index in [1.165, 1.54) is 37.2 Å². The number of aliphatic carboxylic acids is 1. The van der Waals surface area contributed by atoms with E-state index in [2.05, 4.69) is 48.0 Å². The van der Waals surface area contributed by atoms with Crippen LogP contribution in [-0.2, 0) is 9.59 Å². The Morgan fingerprint density at radius 1 is 1.20 bits per heavy atom. The fraction of sp³-hybridized carbons (Fsp3) is 0.609.